The summed E-state index contributed by atoms with van der Waals surface area (Å²) in [5.41, 5.74) is 0. The lowest BCUT2D eigenvalue weighted by atomic mass is 10.2. The van der Waals surface area contributed by atoms with Crippen LogP contribution in [0.3, 0.4) is 0 Å². The topological polar surface area (TPSA) is 58.6 Å². The molecule has 0 saturated carbocycles. The Morgan fingerprint density at radius 2 is 2.18 bits per heavy atom. The van der Waals surface area contributed by atoms with Crippen molar-refractivity contribution < 1.29 is 13.2 Å². The quantitative estimate of drug-likeness (QED) is 0.642. The smallest absolute Gasteiger partial charge is 0.148 e. The van der Waals surface area contributed by atoms with Crippen LogP contribution in [-0.4, -0.2) is 70.8 Å². The normalized spacial score (nSPS) is 22.8. The summed E-state index contributed by atoms with van der Waals surface area (Å²) in [5.74, 6) is 0.216. The van der Waals surface area contributed by atoms with Crippen molar-refractivity contribution in [2.45, 2.75) is 19.4 Å². The predicted octanol–water partition coefficient (Wildman–Crippen LogP) is -0.269. The average Bonchev–Trinajstić information content (AvgIpc) is 2.27. The molecule has 0 aromatic heterocycles. The Hall–Kier alpha value is -0.170. The molecule has 0 aliphatic carbocycles. The minimum absolute atomic E-state index is 0.216. The van der Waals surface area contributed by atoms with E-state index in [-0.39, 0.29) is 5.75 Å². The van der Waals surface area contributed by atoms with Crippen LogP contribution in [0.1, 0.15) is 13.3 Å². The van der Waals surface area contributed by atoms with Crippen molar-refractivity contribution >= 4 is 9.84 Å². The van der Waals surface area contributed by atoms with E-state index in [4.69, 9.17) is 4.74 Å². The molecule has 1 N–H and O–H groups in total. The Labute approximate surface area is 104 Å². The summed E-state index contributed by atoms with van der Waals surface area (Å²) in [5, 5.41) is 3.16. The van der Waals surface area contributed by atoms with Crippen molar-refractivity contribution in [3.05, 3.63) is 0 Å². The van der Waals surface area contributed by atoms with Crippen LogP contribution in [0.25, 0.3) is 0 Å². The number of sulfone groups is 1. The number of nitrogens with one attached hydrogen (secondary N) is 1. The summed E-state index contributed by atoms with van der Waals surface area (Å²) >= 11 is 0. The number of nitrogens with zero attached hydrogens (tertiary/aromatic N) is 1. The van der Waals surface area contributed by atoms with E-state index in [0.717, 1.165) is 39.2 Å². The summed E-state index contributed by atoms with van der Waals surface area (Å²) in [6.07, 6.45) is 2.68. The Morgan fingerprint density at radius 3 is 2.82 bits per heavy atom. The van der Waals surface area contributed by atoms with Crippen molar-refractivity contribution in [3.63, 3.8) is 0 Å². The third-order valence-corrected chi connectivity index (χ3v) is 3.88. The molecule has 1 fully saturated rings. The molecule has 0 radical (unpaired) electrons. The molecule has 1 heterocycles. The first kappa shape index (κ1) is 14.9. The van der Waals surface area contributed by atoms with Gasteiger partial charge < -0.3 is 10.1 Å². The summed E-state index contributed by atoms with van der Waals surface area (Å²) in [6.45, 7) is 7.25. The second-order valence-corrected chi connectivity index (χ2v) is 6.84. The fraction of sp³-hybridized carbons (Fsp3) is 1.00. The highest BCUT2D eigenvalue weighted by molar-refractivity contribution is 7.90. The van der Waals surface area contributed by atoms with E-state index in [1.54, 1.807) is 0 Å². The van der Waals surface area contributed by atoms with Crippen LogP contribution in [0.5, 0.6) is 0 Å². The summed E-state index contributed by atoms with van der Waals surface area (Å²) in [6, 6.07) is 0. The van der Waals surface area contributed by atoms with Crippen LogP contribution in [0.15, 0.2) is 0 Å². The van der Waals surface area contributed by atoms with Gasteiger partial charge in [-0.3, -0.25) is 4.90 Å². The summed E-state index contributed by atoms with van der Waals surface area (Å²) < 4.78 is 27.4. The van der Waals surface area contributed by atoms with E-state index in [1.807, 2.05) is 0 Å². The molecular formula is C11H24N2O3S. The molecule has 1 atom stereocenters. The highest BCUT2D eigenvalue weighted by Gasteiger charge is 2.17. The lowest BCUT2D eigenvalue weighted by Crippen LogP contribution is -2.45. The van der Waals surface area contributed by atoms with Crippen LogP contribution in [-0.2, 0) is 14.6 Å². The van der Waals surface area contributed by atoms with E-state index in [9.17, 15) is 8.42 Å². The van der Waals surface area contributed by atoms with Gasteiger partial charge in [0.1, 0.15) is 9.84 Å². The van der Waals surface area contributed by atoms with Gasteiger partial charge in [-0.25, -0.2) is 8.42 Å². The van der Waals surface area contributed by atoms with E-state index in [0.29, 0.717) is 12.6 Å². The lowest BCUT2D eigenvalue weighted by molar-refractivity contribution is -0.0290. The number of morpholine rings is 1. The van der Waals surface area contributed by atoms with E-state index in [1.165, 1.54) is 6.26 Å². The molecule has 1 saturated heterocycles. The maximum Gasteiger partial charge on any atom is 0.148 e. The first-order valence-corrected chi connectivity index (χ1v) is 8.29. The second-order valence-electron chi connectivity index (χ2n) is 4.58. The molecule has 1 unspecified atom stereocenters. The first-order valence-electron chi connectivity index (χ1n) is 6.23. The third kappa shape index (κ3) is 6.98. The van der Waals surface area contributed by atoms with Gasteiger partial charge in [0.2, 0.25) is 0 Å². The SMILES string of the molecule is CCC1CN(CCNCCS(C)(=O)=O)CCO1. The van der Waals surface area contributed by atoms with Gasteiger partial charge in [0.05, 0.1) is 18.5 Å². The zero-order chi connectivity index (χ0) is 12.7. The Kier molecular flexibility index (Phi) is 6.40. The van der Waals surface area contributed by atoms with Crippen molar-refractivity contribution in [2.75, 3.05) is 51.3 Å². The van der Waals surface area contributed by atoms with Gasteiger partial charge in [-0.05, 0) is 6.42 Å². The summed E-state index contributed by atoms with van der Waals surface area (Å²) in [4.78, 5) is 2.37. The highest BCUT2D eigenvalue weighted by Crippen LogP contribution is 2.06. The maximum absolute atomic E-state index is 10.9. The molecule has 1 aliphatic heterocycles. The molecule has 1 aliphatic rings. The first-order chi connectivity index (χ1) is 8.01. The Bertz CT molecular complexity index is 306. The van der Waals surface area contributed by atoms with E-state index in [2.05, 4.69) is 17.1 Å². The van der Waals surface area contributed by atoms with E-state index >= 15 is 0 Å². The molecule has 6 heteroatoms. The lowest BCUT2D eigenvalue weighted by Gasteiger charge is -2.32. The molecule has 102 valence electrons. The van der Waals surface area contributed by atoms with Gasteiger partial charge in [-0.1, -0.05) is 6.92 Å². The number of hydrogen-bond donors (Lipinski definition) is 1. The van der Waals surface area contributed by atoms with Gasteiger partial charge in [-0.2, -0.15) is 0 Å². The molecule has 0 spiro atoms. The van der Waals surface area contributed by atoms with Crippen molar-refractivity contribution in [1.29, 1.82) is 0 Å². The van der Waals surface area contributed by atoms with Gasteiger partial charge in [0.25, 0.3) is 0 Å². The molecule has 0 bridgehead atoms. The van der Waals surface area contributed by atoms with Crippen LogP contribution in [0, 0.1) is 0 Å². The van der Waals surface area contributed by atoms with Crippen LogP contribution in [0.2, 0.25) is 0 Å². The fourth-order valence-electron chi connectivity index (χ4n) is 1.85. The highest BCUT2D eigenvalue weighted by atomic mass is 32.2. The Balaban J connectivity index is 2.06. The molecule has 17 heavy (non-hydrogen) atoms. The van der Waals surface area contributed by atoms with Gasteiger partial charge in [0.15, 0.2) is 0 Å². The zero-order valence-corrected chi connectivity index (χ0v) is 11.6. The third-order valence-electron chi connectivity index (χ3n) is 2.93. The monoisotopic (exact) mass is 264 g/mol. The minimum Gasteiger partial charge on any atom is -0.376 e. The predicted molar refractivity (Wildman–Crippen MR) is 69.1 cm³/mol. The van der Waals surface area contributed by atoms with Crippen molar-refractivity contribution in [3.8, 4) is 0 Å². The molecule has 0 aromatic rings. The second kappa shape index (κ2) is 7.31. The van der Waals surface area contributed by atoms with Gasteiger partial charge in [-0.15, -0.1) is 0 Å². The maximum atomic E-state index is 10.9. The van der Waals surface area contributed by atoms with Gasteiger partial charge >= 0.3 is 0 Å². The minimum atomic E-state index is -2.84. The van der Waals surface area contributed by atoms with Crippen LogP contribution in [0.4, 0.5) is 0 Å². The molecular weight excluding hydrogens is 240 g/mol. The van der Waals surface area contributed by atoms with Crippen molar-refractivity contribution in [2.24, 2.45) is 0 Å². The van der Waals surface area contributed by atoms with Crippen LogP contribution < -0.4 is 5.32 Å². The van der Waals surface area contributed by atoms with Crippen molar-refractivity contribution in [1.82, 2.24) is 10.2 Å². The largest absolute Gasteiger partial charge is 0.376 e. The molecule has 5 nitrogen and oxygen atoms in total. The van der Waals surface area contributed by atoms with Crippen LogP contribution >= 0.6 is 0 Å². The summed E-state index contributed by atoms with van der Waals surface area (Å²) in [7, 11) is -2.84. The fourth-order valence-corrected chi connectivity index (χ4v) is 2.37. The van der Waals surface area contributed by atoms with Gasteiger partial charge in [0, 0.05) is 39.0 Å². The zero-order valence-electron chi connectivity index (χ0n) is 10.8. The number of ether oxygens (including phenoxy) is 1. The van der Waals surface area contributed by atoms with E-state index < -0.39 is 9.84 Å². The Morgan fingerprint density at radius 1 is 1.41 bits per heavy atom. The average molecular weight is 264 g/mol. The molecule has 1 rings (SSSR count). The molecule has 0 aromatic carbocycles. The number of hydrogen-bond acceptors (Lipinski definition) is 5. The molecule has 0 amide bonds. The number of rotatable bonds is 7. The standard InChI is InChI=1S/C11H24N2O3S/c1-3-11-10-13(7-8-16-11)6-4-12-5-9-17(2,14)15/h11-12H,3-10H2,1-2H3.